The molecule has 2 heterocycles. The van der Waals surface area contributed by atoms with Crippen molar-refractivity contribution in [1.29, 1.82) is 0 Å². The number of hydrogen-bond acceptors (Lipinski definition) is 4. The third-order valence-electron chi connectivity index (χ3n) is 8.19. The lowest BCUT2D eigenvalue weighted by atomic mass is 9.92. The molecule has 1 aliphatic heterocycles. The molecule has 5 heteroatoms. The molecule has 1 aromatic carbocycles. The van der Waals surface area contributed by atoms with Crippen LogP contribution in [-0.2, 0) is 21.6 Å². The first kappa shape index (κ1) is 26.8. The van der Waals surface area contributed by atoms with Crippen molar-refractivity contribution in [1.82, 2.24) is 9.97 Å². The van der Waals surface area contributed by atoms with Crippen molar-refractivity contribution >= 4 is 5.97 Å². The number of aliphatic carboxylic acids is 1. The van der Waals surface area contributed by atoms with Gasteiger partial charge in [-0.25, -0.2) is 14.8 Å². The van der Waals surface area contributed by atoms with E-state index in [1.807, 2.05) is 36.7 Å². The van der Waals surface area contributed by atoms with Gasteiger partial charge in [-0.1, -0.05) is 115 Å². The quantitative estimate of drug-likeness (QED) is 0.191. The Morgan fingerprint density at radius 2 is 1.56 bits per heavy atom. The van der Waals surface area contributed by atoms with Gasteiger partial charge in [-0.3, -0.25) is 0 Å². The molecule has 1 N–H and O–H groups in total. The number of aromatic nitrogens is 2. The Hall–Kier alpha value is -2.27. The molecule has 196 valence electrons. The highest BCUT2D eigenvalue weighted by Gasteiger charge is 2.63. The monoisotopic (exact) mass is 492 g/mol. The normalized spacial score (nSPS) is 21.6. The summed E-state index contributed by atoms with van der Waals surface area (Å²) in [6.45, 7) is 2.14. The highest BCUT2D eigenvalue weighted by molar-refractivity contribution is 5.83. The van der Waals surface area contributed by atoms with E-state index < -0.39 is 11.6 Å². The van der Waals surface area contributed by atoms with Gasteiger partial charge in [0.2, 0.25) is 5.60 Å². The summed E-state index contributed by atoms with van der Waals surface area (Å²) in [5.41, 5.74) is 1.59. The second-order valence-corrected chi connectivity index (χ2v) is 10.9. The lowest BCUT2D eigenvalue weighted by molar-refractivity contribution is -0.143. The van der Waals surface area contributed by atoms with Crippen molar-refractivity contribution in [3.05, 3.63) is 47.8 Å². The van der Waals surface area contributed by atoms with Gasteiger partial charge in [-0.15, -0.1) is 0 Å². The summed E-state index contributed by atoms with van der Waals surface area (Å²) in [5.74, 6) is 0.807. The Morgan fingerprint density at radius 1 is 0.917 bits per heavy atom. The molecule has 36 heavy (non-hydrogen) atoms. The molecule has 0 radical (unpaired) electrons. The smallest absolute Gasteiger partial charge is 0.343 e. The van der Waals surface area contributed by atoms with Gasteiger partial charge in [0.25, 0.3) is 0 Å². The van der Waals surface area contributed by atoms with Crippen LogP contribution in [0.1, 0.15) is 114 Å². The van der Waals surface area contributed by atoms with E-state index in [4.69, 9.17) is 4.74 Å². The summed E-state index contributed by atoms with van der Waals surface area (Å²) in [6.07, 6.45) is 24.0. The van der Waals surface area contributed by atoms with E-state index in [2.05, 4.69) is 16.9 Å². The van der Waals surface area contributed by atoms with Gasteiger partial charge in [0, 0.05) is 18.0 Å². The number of ether oxygens (including phenoxy) is 1. The average Bonchev–Trinajstić information content (AvgIpc) is 3.40. The molecule has 5 nitrogen and oxygen atoms in total. The van der Waals surface area contributed by atoms with Crippen molar-refractivity contribution in [2.75, 3.05) is 0 Å². The first-order chi connectivity index (χ1) is 17.6. The van der Waals surface area contributed by atoms with Crippen LogP contribution in [0.15, 0.2) is 36.7 Å². The summed E-state index contributed by atoms with van der Waals surface area (Å²) < 4.78 is 5.72. The van der Waals surface area contributed by atoms with Crippen molar-refractivity contribution in [2.45, 2.75) is 121 Å². The van der Waals surface area contributed by atoms with Crippen molar-refractivity contribution in [3.8, 4) is 11.4 Å². The highest BCUT2D eigenvalue weighted by atomic mass is 16.6. The number of benzene rings is 1. The van der Waals surface area contributed by atoms with Crippen LogP contribution >= 0.6 is 0 Å². The Balaban J connectivity index is 1.18. The van der Waals surface area contributed by atoms with E-state index >= 15 is 0 Å². The zero-order chi connectivity index (χ0) is 25.2. The van der Waals surface area contributed by atoms with Gasteiger partial charge in [-0.05, 0) is 36.3 Å². The van der Waals surface area contributed by atoms with Gasteiger partial charge in [0.1, 0.15) is 6.10 Å². The van der Waals surface area contributed by atoms with Crippen LogP contribution in [0.4, 0.5) is 0 Å². The van der Waals surface area contributed by atoms with Crippen molar-refractivity contribution in [2.24, 2.45) is 5.92 Å². The first-order valence-corrected chi connectivity index (χ1v) is 14.5. The average molecular weight is 493 g/mol. The van der Waals surface area contributed by atoms with Crippen LogP contribution in [0.5, 0.6) is 0 Å². The fourth-order valence-electron chi connectivity index (χ4n) is 5.87. The summed E-state index contributed by atoms with van der Waals surface area (Å²) in [4.78, 5) is 21.1. The first-order valence-electron chi connectivity index (χ1n) is 14.5. The van der Waals surface area contributed by atoms with Crippen LogP contribution in [0.2, 0.25) is 0 Å². The Morgan fingerprint density at radius 3 is 2.22 bits per heavy atom. The molecule has 2 aliphatic rings. The molecule has 2 aromatic rings. The van der Waals surface area contributed by atoms with Crippen LogP contribution in [0, 0.1) is 5.92 Å². The zero-order valence-electron chi connectivity index (χ0n) is 22.1. The van der Waals surface area contributed by atoms with Crippen molar-refractivity contribution in [3.63, 3.8) is 0 Å². The number of epoxide rings is 1. The number of unbranched alkanes of at least 4 members (excludes halogenated alkanes) is 7. The zero-order valence-corrected chi connectivity index (χ0v) is 22.1. The molecule has 4 rings (SSSR count). The number of hydrogen-bond donors (Lipinski definition) is 1. The minimum absolute atomic E-state index is 0.236. The summed E-state index contributed by atoms with van der Waals surface area (Å²) in [5, 5.41) is 9.83. The molecule has 2 atom stereocenters. The topological polar surface area (TPSA) is 75.6 Å². The fourth-order valence-corrected chi connectivity index (χ4v) is 5.87. The predicted molar refractivity (Wildman–Crippen MR) is 144 cm³/mol. The van der Waals surface area contributed by atoms with E-state index in [1.165, 1.54) is 76.2 Å². The van der Waals surface area contributed by atoms with E-state index in [0.717, 1.165) is 43.6 Å². The van der Waals surface area contributed by atoms with E-state index in [1.54, 1.807) is 0 Å². The third kappa shape index (κ3) is 6.94. The SMILES string of the molecule is CCCCC[C@@H]1O[C@]1(C(=O)O)c1ccc(-c2ncc(CCCCCCCCC3CCCC3)cn2)cc1. The minimum Gasteiger partial charge on any atom is -0.479 e. The molecule has 2 fully saturated rings. The Kier molecular flexibility index (Phi) is 9.91. The van der Waals surface area contributed by atoms with Crippen LogP contribution < -0.4 is 0 Å². The van der Waals surface area contributed by atoms with Crippen LogP contribution in [0.3, 0.4) is 0 Å². The van der Waals surface area contributed by atoms with Gasteiger partial charge >= 0.3 is 5.97 Å². The largest absolute Gasteiger partial charge is 0.479 e. The number of aryl methyl sites for hydroxylation is 1. The number of rotatable bonds is 16. The minimum atomic E-state index is -1.19. The lowest BCUT2D eigenvalue weighted by Crippen LogP contribution is -2.24. The van der Waals surface area contributed by atoms with Gasteiger partial charge in [0.15, 0.2) is 5.82 Å². The summed E-state index contributed by atoms with van der Waals surface area (Å²) in [7, 11) is 0. The van der Waals surface area contributed by atoms with E-state index in [-0.39, 0.29) is 6.10 Å². The maximum atomic E-state index is 12.0. The molecule has 0 bridgehead atoms. The second-order valence-electron chi connectivity index (χ2n) is 10.9. The predicted octanol–water partition coefficient (Wildman–Crippen LogP) is 7.87. The molecule has 1 saturated carbocycles. The van der Waals surface area contributed by atoms with Crippen LogP contribution in [-0.4, -0.2) is 27.1 Å². The molecule has 1 aromatic heterocycles. The van der Waals surface area contributed by atoms with Crippen LogP contribution in [0.25, 0.3) is 11.4 Å². The molecule has 0 unspecified atom stereocenters. The molecule has 1 saturated heterocycles. The maximum Gasteiger partial charge on any atom is 0.343 e. The molecule has 1 aliphatic carbocycles. The molecule has 0 amide bonds. The summed E-state index contributed by atoms with van der Waals surface area (Å²) >= 11 is 0. The highest BCUT2D eigenvalue weighted by Crippen LogP contribution is 2.49. The molecule has 0 spiro atoms. The fraction of sp³-hybridized carbons (Fsp3) is 0.645. The number of carboxylic acid groups (broad SMARTS) is 1. The van der Waals surface area contributed by atoms with E-state index in [9.17, 15) is 9.90 Å². The second kappa shape index (κ2) is 13.3. The Labute approximate surface area is 217 Å². The molecular formula is C31H44N2O3. The van der Waals surface area contributed by atoms with Gasteiger partial charge in [0.05, 0.1) is 0 Å². The number of carbonyl (C=O) groups is 1. The Bertz CT molecular complexity index is 937. The van der Waals surface area contributed by atoms with Gasteiger partial charge < -0.3 is 9.84 Å². The van der Waals surface area contributed by atoms with Crippen molar-refractivity contribution < 1.29 is 14.6 Å². The number of carboxylic acids is 1. The van der Waals surface area contributed by atoms with Gasteiger partial charge in [-0.2, -0.15) is 0 Å². The summed E-state index contributed by atoms with van der Waals surface area (Å²) in [6, 6.07) is 7.53. The number of nitrogens with zero attached hydrogens (tertiary/aromatic N) is 2. The molecular weight excluding hydrogens is 448 g/mol. The lowest BCUT2D eigenvalue weighted by Gasteiger charge is -2.10. The standard InChI is InChI=1S/C31H44N2O3/c1-2-3-8-17-28-31(36-28,30(34)35)27-20-18-26(19-21-27)29-32-22-25(23-33-29)16-10-7-5-4-6-9-13-24-14-11-12-15-24/h18-24,28H,2-17H2,1H3,(H,34,35)/t28-,31+/m0/s1. The third-order valence-corrected chi connectivity index (χ3v) is 8.19. The van der Waals surface area contributed by atoms with E-state index in [0.29, 0.717) is 11.4 Å². The maximum absolute atomic E-state index is 12.0.